The van der Waals surface area contributed by atoms with Crippen molar-refractivity contribution < 1.29 is 24.2 Å². The third-order valence-electron chi connectivity index (χ3n) is 3.76. The van der Waals surface area contributed by atoms with E-state index in [9.17, 15) is 14.4 Å². The topological polar surface area (TPSA) is 83.9 Å². The number of nitrogens with zero attached hydrogens (tertiary/aromatic N) is 1. The van der Waals surface area contributed by atoms with Crippen molar-refractivity contribution in [2.45, 2.75) is 39.3 Å². The first-order chi connectivity index (χ1) is 10.9. The summed E-state index contributed by atoms with van der Waals surface area (Å²) in [6.07, 6.45) is 0.0190. The molecule has 0 saturated carbocycles. The molecule has 0 aliphatic rings. The maximum Gasteiger partial charge on any atom is 0.329 e. The van der Waals surface area contributed by atoms with Crippen LogP contribution in [0.15, 0.2) is 30.3 Å². The largest absolute Gasteiger partial charge is 0.481 e. The zero-order valence-electron chi connectivity index (χ0n) is 13.7. The van der Waals surface area contributed by atoms with Gasteiger partial charge >= 0.3 is 11.9 Å². The average molecular weight is 321 g/mol. The highest BCUT2D eigenvalue weighted by molar-refractivity contribution is 5.95. The maximum atomic E-state index is 12.4. The molecule has 0 aliphatic heterocycles. The Labute approximate surface area is 136 Å². The molecule has 2 atom stereocenters. The van der Waals surface area contributed by atoms with Crippen molar-refractivity contribution in [1.29, 1.82) is 0 Å². The van der Waals surface area contributed by atoms with E-state index in [0.717, 1.165) is 5.56 Å². The number of hydrogen-bond acceptors (Lipinski definition) is 4. The normalized spacial score (nSPS) is 13.0. The number of carboxylic acid groups (broad SMARTS) is 1. The molecule has 126 valence electrons. The van der Waals surface area contributed by atoms with Gasteiger partial charge in [-0.1, -0.05) is 50.6 Å². The first kappa shape index (κ1) is 18.7. The number of carboxylic acids is 1. The number of ether oxygens (including phenoxy) is 1. The van der Waals surface area contributed by atoms with Crippen molar-refractivity contribution in [3.8, 4) is 0 Å². The Bertz CT molecular complexity index is 543. The third-order valence-corrected chi connectivity index (χ3v) is 3.76. The Morgan fingerprint density at radius 2 is 1.83 bits per heavy atom. The van der Waals surface area contributed by atoms with Gasteiger partial charge in [-0.2, -0.15) is 0 Å². The van der Waals surface area contributed by atoms with Crippen molar-refractivity contribution in [3.05, 3.63) is 35.9 Å². The highest BCUT2D eigenvalue weighted by Crippen LogP contribution is 2.17. The van der Waals surface area contributed by atoms with Crippen molar-refractivity contribution in [2.75, 3.05) is 7.05 Å². The molecule has 0 aromatic heterocycles. The zero-order valence-corrected chi connectivity index (χ0v) is 13.7. The Balaban J connectivity index is 2.78. The molecule has 0 unspecified atom stereocenters. The van der Waals surface area contributed by atoms with Crippen LogP contribution in [0.4, 0.5) is 0 Å². The van der Waals surface area contributed by atoms with Crippen molar-refractivity contribution in [1.82, 2.24) is 4.90 Å². The lowest BCUT2D eigenvalue weighted by molar-refractivity contribution is -0.159. The first-order valence-corrected chi connectivity index (χ1v) is 7.54. The molecule has 1 amide bonds. The van der Waals surface area contributed by atoms with E-state index in [-0.39, 0.29) is 12.5 Å². The Morgan fingerprint density at radius 3 is 2.35 bits per heavy atom. The smallest absolute Gasteiger partial charge is 0.329 e. The summed E-state index contributed by atoms with van der Waals surface area (Å²) < 4.78 is 5.31. The highest BCUT2D eigenvalue weighted by Gasteiger charge is 2.33. The number of rotatable bonds is 8. The van der Waals surface area contributed by atoms with Crippen molar-refractivity contribution in [2.24, 2.45) is 5.92 Å². The fraction of sp³-hybridized carbons (Fsp3) is 0.471. The summed E-state index contributed by atoms with van der Waals surface area (Å²) in [4.78, 5) is 36.2. The van der Waals surface area contributed by atoms with Gasteiger partial charge in [-0.05, 0) is 11.5 Å². The van der Waals surface area contributed by atoms with E-state index < -0.39 is 30.3 Å². The highest BCUT2D eigenvalue weighted by atomic mass is 16.5. The molecule has 1 aromatic carbocycles. The van der Waals surface area contributed by atoms with Crippen LogP contribution in [0.1, 0.15) is 32.3 Å². The summed E-state index contributed by atoms with van der Waals surface area (Å²) >= 11 is 0. The molecule has 1 rings (SSSR count). The second kappa shape index (κ2) is 8.92. The SMILES string of the molecule is CC[C@H](C)[C@@H](C(=O)OCc1ccccc1)N(C)C(=O)CC(=O)O. The standard InChI is InChI=1S/C17H23NO5/c1-4-12(2)16(18(3)14(19)10-15(20)21)17(22)23-11-13-8-6-5-7-9-13/h5-9,12,16H,4,10-11H2,1-3H3,(H,20,21)/t12-,16-/m0/s1. The molecule has 0 radical (unpaired) electrons. The van der Waals surface area contributed by atoms with Crippen LogP contribution in [0.25, 0.3) is 0 Å². The van der Waals surface area contributed by atoms with E-state index in [1.807, 2.05) is 44.2 Å². The van der Waals surface area contributed by atoms with Crippen LogP contribution in [-0.2, 0) is 25.7 Å². The number of carbonyl (C=O) groups excluding carboxylic acids is 2. The number of aliphatic carboxylic acids is 1. The number of likely N-dealkylation sites (N-methyl/N-ethyl adjacent to an activating group) is 1. The van der Waals surface area contributed by atoms with Crippen LogP contribution < -0.4 is 0 Å². The molecule has 0 heterocycles. The average Bonchev–Trinajstić information content (AvgIpc) is 2.53. The summed E-state index contributed by atoms with van der Waals surface area (Å²) in [5, 5.41) is 8.74. The second-order valence-corrected chi connectivity index (χ2v) is 5.50. The van der Waals surface area contributed by atoms with Crippen LogP contribution in [0, 0.1) is 5.92 Å². The summed E-state index contributed by atoms with van der Waals surface area (Å²) in [5.41, 5.74) is 0.850. The number of amides is 1. The lowest BCUT2D eigenvalue weighted by Crippen LogP contribution is -2.47. The number of esters is 1. The number of carbonyl (C=O) groups is 3. The van der Waals surface area contributed by atoms with E-state index in [1.54, 1.807) is 0 Å². The molecular formula is C17H23NO5. The minimum atomic E-state index is -1.22. The third kappa shape index (κ3) is 5.73. The van der Waals surface area contributed by atoms with E-state index in [1.165, 1.54) is 11.9 Å². The predicted molar refractivity (Wildman–Crippen MR) is 84.5 cm³/mol. The van der Waals surface area contributed by atoms with Gasteiger partial charge in [0.05, 0.1) is 0 Å². The summed E-state index contributed by atoms with van der Waals surface area (Å²) in [6, 6.07) is 8.44. The van der Waals surface area contributed by atoms with Crippen molar-refractivity contribution in [3.63, 3.8) is 0 Å². The van der Waals surface area contributed by atoms with Gasteiger partial charge in [0.2, 0.25) is 5.91 Å². The van der Waals surface area contributed by atoms with Gasteiger partial charge in [0.1, 0.15) is 19.1 Å². The lowest BCUT2D eigenvalue weighted by Gasteiger charge is -2.30. The van der Waals surface area contributed by atoms with Gasteiger partial charge in [-0.25, -0.2) is 4.79 Å². The molecule has 0 fully saturated rings. The number of hydrogen-bond donors (Lipinski definition) is 1. The van der Waals surface area contributed by atoms with Gasteiger partial charge in [0.25, 0.3) is 0 Å². The molecule has 0 saturated heterocycles. The van der Waals surface area contributed by atoms with Crippen LogP contribution in [0.5, 0.6) is 0 Å². The fourth-order valence-electron chi connectivity index (χ4n) is 2.22. The van der Waals surface area contributed by atoms with Gasteiger partial charge < -0.3 is 14.7 Å². The lowest BCUT2D eigenvalue weighted by atomic mass is 9.97. The minimum absolute atomic E-state index is 0.119. The molecule has 6 heteroatoms. The van der Waals surface area contributed by atoms with E-state index in [0.29, 0.717) is 6.42 Å². The fourth-order valence-corrected chi connectivity index (χ4v) is 2.22. The second-order valence-electron chi connectivity index (χ2n) is 5.50. The van der Waals surface area contributed by atoms with Crippen molar-refractivity contribution >= 4 is 17.8 Å². The van der Waals surface area contributed by atoms with Crippen LogP contribution in [0.2, 0.25) is 0 Å². The molecule has 6 nitrogen and oxygen atoms in total. The Morgan fingerprint density at radius 1 is 1.22 bits per heavy atom. The van der Waals surface area contributed by atoms with Gasteiger partial charge in [-0.15, -0.1) is 0 Å². The Hall–Kier alpha value is -2.37. The molecular weight excluding hydrogens is 298 g/mol. The van der Waals surface area contributed by atoms with E-state index in [2.05, 4.69) is 0 Å². The molecule has 0 aliphatic carbocycles. The van der Waals surface area contributed by atoms with Gasteiger partial charge in [0, 0.05) is 7.05 Å². The van der Waals surface area contributed by atoms with Crippen LogP contribution in [-0.4, -0.2) is 40.9 Å². The van der Waals surface area contributed by atoms with Gasteiger partial charge in [-0.3, -0.25) is 9.59 Å². The molecule has 1 aromatic rings. The molecule has 23 heavy (non-hydrogen) atoms. The predicted octanol–water partition coefficient (Wildman–Crippen LogP) is 2.08. The summed E-state index contributed by atoms with van der Waals surface area (Å²) in [7, 11) is 1.44. The van der Waals surface area contributed by atoms with E-state index in [4.69, 9.17) is 9.84 Å². The quantitative estimate of drug-likeness (QED) is 0.585. The first-order valence-electron chi connectivity index (χ1n) is 7.54. The van der Waals surface area contributed by atoms with Crippen LogP contribution in [0.3, 0.4) is 0 Å². The summed E-state index contributed by atoms with van der Waals surface area (Å²) in [5.74, 6) is -2.49. The maximum absolute atomic E-state index is 12.4. The summed E-state index contributed by atoms with van der Waals surface area (Å²) in [6.45, 7) is 3.85. The molecule has 0 bridgehead atoms. The van der Waals surface area contributed by atoms with E-state index >= 15 is 0 Å². The molecule has 0 spiro atoms. The minimum Gasteiger partial charge on any atom is -0.481 e. The molecule has 1 N–H and O–H groups in total. The number of benzene rings is 1. The van der Waals surface area contributed by atoms with Crippen LogP contribution >= 0.6 is 0 Å². The zero-order chi connectivity index (χ0) is 17.4. The monoisotopic (exact) mass is 321 g/mol. The van der Waals surface area contributed by atoms with Gasteiger partial charge in [0.15, 0.2) is 0 Å². The Kier molecular flexibility index (Phi) is 7.25.